The van der Waals surface area contributed by atoms with Gasteiger partial charge < -0.3 is 15.1 Å². The molecule has 1 aliphatic heterocycles. The molecule has 0 radical (unpaired) electrons. The van der Waals surface area contributed by atoms with E-state index in [1.807, 2.05) is 53.4 Å². The van der Waals surface area contributed by atoms with Gasteiger partial charge in [-0.15, -0.1) is 0 Å². The number of hydrogen-bond donors (Lipinski definition) is 1. The van der Waals surface area contributed by atoms with E-state index in [0.717, 1.165) is 11.3 Å². The summed E-state index contributed by atoms with van der Waals surface area (Å²) in [7, 11) is 0. The number of nitro groups is 1. The molecule has 0 aromatic heterocycles. The summed E-state index contributed by atoms with van der Waals surface area (Å²) in [6, 6.07) is 21.6. The highest BCUT2D eigenvalue weighted by Crippen LogP contribution is 2.23. The van der Waals surface area contributed by atoms with Crippen molar-refractivity contribution in [3.8, 4) is 0 Å². The number of anilines is 2. The van der Waals surface area contributed by atoms with Crippen LogP contribution in [0.3, 0.4) is 0 Å². The Kier molecular flexibility index (Phi) is 7.21. The van der Waals surface area contributed by atoms with E-state index in [4.69, 9.17) is 0 Å². The second-order valence-corrected chi connectivity index (χ2v) is 8.26. The Morgan fingerprint density at radius 3 is 2.26 bits per heavy atom. The Balaban J connectivity index is 1.32. The van der Waals surface area contributed by atoms with Gasteiger partial charge in [-0.2, -0.15) is 0 Å². The average molecular weight is 471 g/mol. The van der Waals surface area contributed by atoms with E-state index in [-0.39, 0.29) is 17.2 Å². The lowest BCUT2D eigenvalue weighted by atomic mass is 10.1. The highest BCUT2D eigenvalue weighted by Gasteiger charge is 2.21. The van der Waals surface area contributed by atoms with Crippen molar-refractivity contribution < 1.29 is 14.5 Å². The summed E-state index contributed by atoms with van der Waals surface area (Å²) >= 11 is 0. The summed E-state index contributed by atoms with van der Waals surface area (Å²) in [5.41, 5.74) is 3.11. The molecule has 2 amide bonds. The van der Waals surface area contributed by atoms with Crippen LogP contribution in [-0.2, 0) is 4.79 Å². The van der Waals surface area contributed by atoms with Crippen molar-refractivity contribution >= 4 is 35.0 Å². The highest BCUT2D eigenvalue weighted by molar-refractivity contribution is 6.05. The van der Waals surface area contributed by atoms with E-state index in [0.29, 0.717) is 37.4 Å². The molecule has 0 spiro atoms. The van der Waals surface area contributed by atoms with Gasteiger partial charge >= 0.3 is 0 Å². The maximum Gasteiger partial charge on any atom is 0.273 e. The summed E-state index contributed by atoms with van der Waals surface area (Å²) in [6.07, 6.45) is 3.45. The number of amides is 2. The lowest BCUT2D eigenvalue weighted by Gasteiger charge is -2.35. The Hall–Kier alpha value is -4.46. The van der Waals surface area contributed by atoms with E-state index in [1.54, 1.807) is 31.2 Å². The zero-order valence-corrected chi connectivity index (χ0v) is 19.4. The van der Waals surface area contributed by atoms with Crippen molar-refractivity contribution in [2.75, 3.05) is 36.4 Å². The summed E-state index contributed by atoms with van der Waals surface area (Å²) in [5, 5.41) is 13.9. The van der Waals surface area contributed by atoms with Gasteiger partial charge in [0.15, 0.2) is 0 Å². The van der Waals surface area contributed by atoms with Gasteiger partial charge in [-0.1, -0.05) is 36.4 Å². The number of benzene rings is 3. The number of carbonyl (C=O) groups excluding carboxylic acids is 2. The number of nitrogens with one attached hydrogen (secondary N) is 1. The molecule has 0 unspecified atom stereocenters. The minimum absolute atomic E-state index is 0.00278. The smallest absolute Gasteiger partial charge is 0.273 e. The van der Waals surface area contributed by atoms with Crippen molar-refractivity contribution in [1.82, 2.24) is 4.90 Å². The third-order valence-electron chi connectivity index (χ3n) is 6.05. The Morgan fingerprint density at radius 2 is 1.60 bits per heavy atom. The summed E-state index contributed by atoms with van der Waals surface area (Å²) in [4.78, 5) is 39.8. The molecule has 3 aromatic rings. The quantitative estimate of drug-likeness (QED) is 0.325. The maximum absolute atomic E-state index is 12.7. The third-order valence-corrected chi connectivity index (χ3v) is 6.05. The molecule has 0 saturated carbocycles. The molecule has 0 atom stereocenters. The van der Waals surface area contributed by atoms with Crippen molar-refractivity contribution in [3.63, 3.8) is 0 Å². The van der Waals surface area contributed by atoms with E-state index in [2.05, 4.69) is 10.2 Å². The molecule has 1 heterocycles. The van der Waals surface area contributed by atoms with Crippen LogP contribution in [0.25, 0.3) is 6.08 Å². The number of rotatable bonds is 6. The predicted octanol–water partition coefficient (Wildman–Crippen LogP) is 4.52. The Bertz CT molecular complexity index is 1250. The molecule has 1 fully saturated rings. The van der Waals surface area contributed by atoms with Crippen LogP contribution in [-0.4, -0.2) is 47.8 Å². The van der Waals surface area contributed by atoms with Crippen molar-refractivity contribution in [2.24, 2.45) is 0 Å². The molecule has 0 aliphatic carbocycles. The maximum atomic E-state index is 12.7. The van der Waals surface area contributed by atoms with Gasteiger partial charge in [-0.3, -0.25) is 19.7 Å². The monoisotopic (exact) mass is 470 g/mol. The van der Waals surface area contributed by atoms with Crippen LogP contribution in [0, 0.1) is 17.0 Å². The van der Waals surface area contributed by atoms with Crippen LogP contribution in [0.2, 0.25) is 0 Å². The molecular weight excluding hydrogens is 444 g/mol. The molecule has 3 aromatic carbocycles. The lowest BCUT2D eigenvalue weighted by Crippen LogP contribution is -2.48. The van der Waals surface area contributed by atoms with Gasteiger partial charge in [0.1, 0.15) is 0 Å². The van der Waals surface area contributed by atoms with Crippen LogP contribution in [0.1, 0.15) is 21.5 Å². The van der Waals surface area contributed by atoms with Crippen LogP contribution < -0.4 is 10.2 Å². The first kappa shape index (κ1) is 23.7. The van der Waals surface area contributed by atoms with Gasteiger partial charge in [0.25, 0.3) is 11.6 Å². The van der Waals surface area contributed by atoms with Gasteiger partial charge in [-0.05, 0) is 48.9 Å². The van der Waals surface area contributed by atoms with Crippen LogP contribution in [0.5, 0.6) is 0 Å². The zero-order valence-electron chi connectivity index (χ0n) is 19.4. The fraction of sp³-hybridized carbons (Fsp3) is 0.185. The number of hydrogen-bond acceptors (Lipinski definition) is 5. The van der Waals surface area contributed by atoms with Crippen molar-refractivity contribution in [3.05, 3.63) is 106 Å². The summed E-state index contributed by atoms with van der Waals surface area (Å²) in [6.45, 7) is 4.25. The Labute approximate surface area is 203 Å². The molecule has 35 heavy (non-hydrogen) atoms. The number of carbonyl (C=O) groups is 2. The van der Waals surface area contributed by atoms with E-state index >= 15 is 0 Å². The SMILES string of the molecule is Cc1c(C(=O)Nc2ccc(N3CCN(C(=O)C=Cc4ccccc4)CC3)cc2)cccc1[N+](=O)[O-]. The van der Waals surface area contributed by atoms with Crippen LogP contribution in [0.4, 0.5) is 17.1 Å². The second-order valence-electron chi connectivity index (χ2n) is 8.26. The highest BCUT2D eigenvalue weighted by atomic mass is 16.6. The Morgan fingerprint density at radius 1 is 0.914 bits per heavy atom. The first-order valence-corrected chi connectivity index (χ1v) is 11.3. The topological polar surface area (TPSA) is 95.8 Å². The molecule has 178 valence electrons. The first-order valence-electron chi connectivity index (χ1n) is 11.3. The molecule has 8 heteroatoms. The minimum Gasteiger partial charge on any atom is -0.368 e. The fourth-order valence-electron chi connectivity index (χ4n) is 4.04. The standard InChI is InChI=1S/C27H26N4O4/c1-20-24(8-5-9-25(20)31(34)35)27(33)28-22-11-13-23(14-12-22)29-16-18-30(19-17-29)26(32)15-10-21-6-3-2-4-7-21/h2-15H,16-19H2,1H3,(H,28,33). The average Bonchev–Trinajstić information content (AvgIpc) is 2.88. The fourth-order valence-corrected chi connectivity index (χ4v) is 4.04. The number of nitrogens with zero attached hydrogens (tertiary/aromatic N) is 3. The molecule has 1 saturated heterocycles. The molecule has 0 bridgehead atoms. The van der Waals surface area contributed by atoms with Gasteiger partial charge in [0.2, 0.25) is 5.91 Å². The van der Waals surface area contributed by atoms with Crippen molar-refractivity contribution in [2.45, 2.75) is 6.92 Å². The largest absolute Gasteiger partial charge is 0.368 e. The molecule has 8 nitrogen and oxygen atoms in total. The summed E-state index contributed by atoms with van der Waals surface area (Å²) in [5.74, 6) is -0.391. The normalized spacial score (nSPS) is 13.6. The molecule has 1 N–H and O–H groups in total. The van der Waals surface area contributed by atoms with E-state index in [9.17, 15) is 19.7 Å². The third kappa shape index (κ3) is 5.73. The lowest BCUT2D eigenvalue weighted by molar-refractivity contribution is -0.385. The number of nitro benzene ring substituents is 1. The second kappa shape index (κ2) is 10.6. The predicted molar refractivity (Wildman–Crippen MR) is 136 cm³/mol. The molecule has 4 rings (SSSR count). The van der Waals surface area contributed by atoms with Gasteiger partial charge in [-0.25, -0.2) is 0 Å². The van der Waals surface area contributed by atoms with Crippen LogP contribution >= 0.6 is 0 Å². The minimum atomic E-state index is -0.492. The summed E-state index contributed by atoms with van der Waals surface area (Å²) < 4.78 is 0. The molecular formula is C27H26N4O4. The zero-order chi connectivity index (χ0) is 24.8. The molecule has 1 aliphatic rings. The van der Waals surface area contributed by atoms with Gasteiger partial charge in [0.05, 0.1) is 4.92 Å². The first-order chi connectivity index (χ1) is 16.9. The van der Waals surface area contributed by atoms with Gasteiger partial charge in [0, 0.05) is 60.8 Å². The van der Waals surface area contributed by atoms with Crippen molar-refractivity contribution in [1.29, 1.82) is 0 Å². The van der Waals surface area contributed by atoms with E-state index in [1.165, 1.54) is 12.1 Å². The van der Waals surface area contributed by atoms with Crippen LogP contribution in [0.15, 0.2) is 78.9 Å². The number of piperazine rings is 1. The van der Waals surface area contributed by atoms with E-state index < -0.39 is 10.8 Å².